The molecule has 1 fully saturated rings. The van der Waals surface area contributed by atoms with Gasteiger partial charge >= 0.3 is 5.97 Å². The molecule has 140 valence electrons. The van der Waals surface area contributed by atoms with Crippen molar-refractivity contribution in [1.82, 2.24) is 10.0 Å². The van der Waals surface area contributed by atoms with Gasteiger partial charge in [-0.2, -0.15) is 9.98 Å². The number of nitrogens with one attached hydrogen (secondary N) is 2. The van der Waals surface area contributed by atoms with E-state index in [-0.39, 0.29) is 16.6 Å². The molecule has 1 aliphatic heterocycles. The van der Waals surface area contributed by atoms with Crippen molar-refractivity contribution in [3.05, 3.63) is 29.8 Å². The first-order valence-corrected chi connectivity index (χ1v) is 9.43. The van der Waals surface area contributed by atoms with Gasteiger partial charge in [0.05, 0.1) is 16.6 Å². The van der Waals surface area contributed by atoms with Crippen molar-refractivity contribution in [2.24, 2.45) is 0 Å². The van der Waals surface area contributed by atoms with Gasteiger partial charge in [-0.25, -0.2) is 8.42 Å². The Morgan fingerprint density at radius 3 is 2.81 bits per heavy atom. The van der Waals surface area contributed by atoms with E-state index in [9.17, 15) is 18.0 Å². The van der Waals surface area contributed by atoms with Crippen LogP contribution in [0.5, 0.6) is 0 Å². The standard InChI is InChI=1S/C16H19N3O6S/c17-8-12-4-1-2-6-14(12)26(22,23)19-10-16(21)25-11-15(20)18-9-13-5-3-7-24-13/h1-2,4,6,13,19H,3,5,7,9-11H2,(H,18,20)/t13-/m1/s1. The molecule has 1 amide bonds. The molecular weight excluding hydrogens is 362 g/mol. The zero-order valence-electron chi connectivity index (χ0n) is 13.9. The molecule has 26 heavy (non-hydrogen) atoms. The highest BCUT2D eigenvalue weighted by Gasteiger charge is 2.20. The second-order valence-electron chi connectivity index (χ2n) is 5.53. The number of nitrogens with zero attached hydrogens (tertiary/aromatic N) is 1. The van der Waals surface area contributed by atoms with E-state index in [4.69, 9.17) is 14.7 Å². The topological polar surface area (TPSA) is 135 Å². The average Bonchev–Trinajstić information content (AvgIpc) is 3.16. The third kappa shape index (κ3) is 5.80. The van der Waals surface area contributed by atoms with E-state index in [0.717, 1.165) is 12.8 Å². The molecule has 1 saturated heterocycles. The lowest BCUT2D eigenvalue weighted by atomic mass is 10.2. The Kier molecular flexibility index (Phi) is 7.08. The van der Waals surface area contributed by atoms with Crippen LogP contribution < -0.4 is 10.0 Å². The molecule has 0 spiro atoms. The van der Waals surface area contributed by atoms with E-state index in [1.165, 1.54) is 24.3 Å². The molecule has 0 saturated carbocycles. The number of amides is 1. The van der Waals surface area contributed by atoms with E-state index in [2.05, 4.69) is 5.32 Å². The van der Waals surface area contributed by atoms with Crippen LogP contribution in [0.1, 0.15) is 18.4 Å². The van der Waals surface area contributed by atoms with Crippen LogP contribution in [0.4, 0.5) is 0 Å². The third-order valence-electron chi connectivity index (χ3n) is 3.62. The van der Waals surface area contributed by atoms with Crippen molar-refractivity contribution in [1.29, 1.82) is 5.26 Å². The molecule has 2 N–H and O–H groups in total. The number of carbonyl (C=O) groups excluding carboxylic acids is 2. The molecule has 1 aromatic carbocycles. The molecule has 2 rings (SSSR count). The summed E-state index contributed by atoms with van der Waals surface area (Å²) in [7, 11) is -4.05. The van der Waals surface area contributed by atoms with Gasteiger partial charge in [-0.3, -0.25) is 9.59 Å². The fourth-order valence-electron chi connectivity index (χ4n) is 2.31. The van der Waals surface area contributed by atoms with Crippen molar-refractivity contribution in [3.63, 3.8) is 0 Å². The summed E-state index contributed by atoms with van der Waals surface area (Å²) in [5.74, 6) is -1.40. The lowest BCUT2D eigenvalue weighted by Gasteiger charge is -2.11. The third-order valence-corrected chi connectivity index (χ3v) is 5.08. The summed E-state index contributed by atoms with van der Waals surface area (Å²) in [5.41, 5.74) is -0.0399. The molecular formula is C16H19N3O6S. The summed E-state index contributed by atoms with van der Waals surface area (Å²) in [5, 5.41) is 11.5. The summed E-state index contributed by atoms with van der Waals surface area (Å²) in [6, 6.07) is 7.37. The fraction of sp³-hybridized carbons (Fsp3) is 0.438. The largest absolute Gasteiger partial charge is 0.455 e. The highest BCUT2D eigenvalue weighted by Crippen LogP contribution is 2.13. The van der Waals surface area contributed by atoms with Crippen LogP contribution >= 0.6 is 0 Å². The van der Waals surface area contributed by atoms with E-state index in [1.54, 1.807) is 6.07 Å². The number of nitriles is 1. The number of hydrogen-bond donors (Lipinski definition) is 2. The van der Waals surface area contributed by atoms with Gasteiger partial charge in [0.25, 0.3) is 5.91 Å². The first kappa shape index (κ1) is 19.8. The Hall–Kier alpha value is -2.48. The van der Waals surface area contributed by atoms with Crippen molar-refractivity contribution in [3.8, 4) is 6.07 Å². The van der Waals surface area contributed by atoms with Crippen LogP contribution in [0.25, 0.3) is 0 Å². The lowest BCUT2D eigenvalue weighted by Crippen LogP contribution is -2.36. The molecule has 0 aliphatic carbocycles. The number of hydrogen-bond acceptors (Lipinski definition) is 7. The maximum absolute atomic E-state index is 12.1. The molecule has 0 aromatic heterocycles. The fourth-order valence-corrected chi connectivity index (χ4v) is 3.43. The Bertz CT molecular complexity index is 796. The molecule has 1 aromatic rings. The monoisotopic (exact) mass is 381 g/mol. The minimum absolute atomic E-state index is 0.0262. The molecule has 10 heteroatoms. The summed E-state index contributed by atoms with van der Waals surface area (Å²) in [4.78, 5) is 23.0. The zero-order valence-corrected chi connectivity index (χ0v) is 14.8. The van der Waals surface area contributed by atoms with Gasteiger partial charge < -0.3 is 14.8 Å². The van der Waals surface area contributed by atoms with Crippen molar-refractivity contribution in [2.75, 3.05) is 26.3 Å². The number of benzene rings is 1. The Morgan fingerprint density at radius 2 is 2.12 bits per heavy atom. The second kappa shape index (κ2) is 9.28. The Balaban J connectivity index is 1.75. The molecule has 1 heterocycles. The lowest BCUT2D eigenvalue weighted by molar-refractivity contribution is -0.147. The molecule has 0 bridgehead atoms. The van der Waals surface area contributed by atoms with Crippen molar-refractivity contribution >= 4 is 21.9 Å². The SMILES string of the molecule is N#Cc1ccccc1S(=O)(=O)NCC(=O)OCC(=O)NC[C@H]1CCCO1. The predicted molar refractivity (Wildman–Crippen MR) is 89.3 cm³/mol. The van der Waals surface area contributed by atoms with Crippen LogP contribution in [0, 0.1) is 11.3 Å². The van der Waals surface area contributed by atoms with E-state index in [1.807, 2.05) is 4.72 Å². The van der Waals surface area contributed by atoms with Gasteiger partial charge in [0.2, 0.25) is 10.0 Å². The van der Waals surface area contributed by atoms with Crippen LogP contribution in [0.3, 0.4) is 0 Å². The minimum Gasteiger partial charge on any atom is -0.455 e. The summed E-state index contributed by atoms with van der Waals surface area (Å²) < 4.78 is 36.4. The first-order valence-electron chi connectivity index (χ1n) is 7.95. The quantitative estimate of drug-likeness (QED) is 0.589. The highest BCUT2D eigenvalue weighted by molar-refractivity contribution is 7.89. The van der Waals surface area contributed by atoms with Crippen molar-refractivity contribution < 1.29 is 27.5 Å². The van der Waals surface area contributed by atoms with Crippen LogP contribution in [0.15, 0.2) is 29.2 Å². The predicted octanol–water partition coefficient (Wildman–Crippen LogP) is -0.325. The average molecular weight is 381 g/mol. The summed E-state index contributed by atoms with van der Waals surface area (Å²) in [6.07, 6.45) is 1.79. The maximum Gasteiger partial charge on any atom is 0.321 e. The zero-order chi connectivity index (χ0) is 19.0. The number of sulfonamides is 1. The van der Waals surface area contributed by atoms with Gasteiger partial charge in [-0.1, -0.05) is 12.1 Å². The van der Waals surface area contributed by atoms with E-state index >= 15 is 0 Å². The minimum atomic E-state index is -4.05. The summed E-state index contributed by atoms with van der Waals surface area (Å²) in [6.45, 7) is -0.151. The van der Waals surface area contributed by atoms with Gasteiger partial charge in [0.1, 0.15) is 12.6 Å². The maximum atomic E-state index is 12.1. The molecule has 9 nitrogen and oxygen atoms in total. The smallest absolute Gasteiger partial charge is 0.321 e. The molecule has 1 atom stereocenters. The first-order chi connectivity index (χ1) is 12.4. The van der Waals surface area contributed by atoms with Gasteiger partial charge in [0, 0.05) is 13.2 Å². The Labute approximate surface area is 151 Å². The van der Waals surface area contributed by atoms with Crippen molar-refractivity contribution in [2.45, 2.75) is 23.8 Å². The molecule has 1 aliphatic rings. The van der Waals surface area contributed by atoms with Gasteiger partial charge in [-0.15, -0.1) is 0 Å². The van der Waals surface area contributed by atoms with Gasteiger partial charge in [-0.05, 0) is 25.0 Å². The Morgan fingerprint density at radius 1 is 1.35 bits per heavy atom. The number of ether oxygens (including phenoxy) is 2. The van der Waals surface area contributed by atoms with Crippen LogP contribution in [-0.2, 0) is 29.1 Å². The normalized spacial score (nSPS) is 16.7. The molecule has 0 unspecified atom stereocenters. The number of esters is 1. The number of rotatable bonds is 8. The van der Waals surface area contributed by atoms with Crippen LogP contribution in [0.2, 0.25) is 0 Å². The van der Waals surface area contributed by atoms with Gasteiger partial charge in [0.15, 0.2) is 6.61 Å². The van der Waals surface area contributed by atoms with E-state index in [0.29, 0.717) is 13.2 Å². The summed E-state index contributed by atoms with van der Waals surface area (Å²) >= 11 is 0. The van der Waals surface area contributed by atoms with E-state index < -0.39 is 35.1 Å². The number of carbonyl (C=O) groups is 2. The second-order valence-corrected chi connectivity index (χ2v) is 7.27. The van der Waals surface area contributed by atoms with Crippen LogP contribution in [-0.4, -0.2) is 52.7 Å². The molecule has 0 radical (unpaired) electrons. The highest BCUT2D eigenvalue weighted by atomic mass is 32.2.